The summed E-state index contributed by atoms with van der Waals surface area (Å²) in [5, 5.41) is 6.94. The Kier molecular flexibility index (Phi) is 4.86. The van der Waals surface area contributed by atoms with Crippen molar-refractivity contribution in [3.05, 3.63) is 4.60 Å². The normalized spacial score (nSPS) is 12.8. The highest BCUT2D eigenvalue weighted by atomic mass is 79.9. The quantitative estimate of drug-likeness (QED) is 0.717. The molecule has 0 saturated heterocycles. The number of hydrogen-bond donors (Lipinski definition) is 1. The van der Waals surface area contributed by atoms with Crippen molar-refractivity contribution in [2.75, 3.05) is 18.1 Å². The van der Waals surface area contributed by atoms with Crippen LogP contribution in [-0.4, -0.2) is 49.9 Å². The monoisotopic (exact) mass is 360 g/mol. The number of sulfone groups is 1. The zero-order valence-corrected chi connectivity index (χ0v) is 13.0. The van der Waals surface area contributed by atoms with Gasteiger partial charge in [-0.2, -0.15) is 0 Å². The summed E-state index contributed by atoms with van der Waals surface area (Å²) in [6, 6.07) is 0. The summed E-state index contributed by atoms with van der Waals surface area (Å²) >= 11 is 2.97. The van der Waals surface area contributed by atoms with Gasteiger partial charge in [0.05, 0.1) is 5.75 Å². The molecule has 1 heterocycles. The molecule has 0 unspecified atom stereocenters. The topological polar surface area (TPSA) is 111 Å². The molecule has 11 heteroatoms. The van der Waals surface area contributed by atoms with Crippen LogP contribution in [0, 0.1) is 0 Å². The summed E-state index contributed by atoms with van der Waals surface area (Å²) in [6.07, 6.45) is 0. The molecular formula is C7H13BrN4O4S2. The molecule has 1 aromatic heterocycles. The lowest BCUT2D eigenvalue weighted by molar-refractivity contribution is 0.561. The number of nitrogens with zero attached hydrogens (tertiary/aromatic N) is 3. The third kappa shape index (κ3) is 3.73. The first-order valence-electron chi connectivity index (χ1n) is 4.95. The first-order chi connectivity index (χ1) is 8.19. The van der Waals surface area contributed by atoms with E-state index in [2.05, 4.69) is 31.0 Å². The maximum Gasteiger partial charge on any atom is 0.260 e. The molecule has 8 nitrogen and oxygen atoms in total. The Bertz CT molecular complexity index is 602. The van der Waals surface area contributed by atoms with Crippen LogP contribution in [-0.2, 0) is 26.9 Å². The highest BCUT2D eigenvalue weighted by Crippen LogP contribution is 2.17. The second kappa shape index (κ2) is 5.63. The van der Waals surface area contributed by atoms with Crippen LogP contribution >= 0.6 is 15.9 Å². The van der Waals surface area contributed by atoms with E-state index in [0.29, 0.717) is 0 Å². The second-order valence-electron chi connectivity index (χ2n) is 3.44. The molecule has 0 amide bonds. The molecule has 0 aliphatic rings. The largest absolute Gasteiger partial charge is 0.260 e. The van der Waals surface area contributed by atoms with E-state index in [9.17, 15) is 16.8 Å². The minimum Gasteiger partial charge on any atom is -0.235 e. The van der Waals surface area contributed by atoms with E-state index >= 15 is 0 Å². The maximum absolute atomic E-state index is 11.9. The van der Waals surface area contributed by atoms with Gasteiger partial charge in [0.25, 0.3) is 10.0 Å². The SMILES string of the molecule is CCS(=O)(=O)CCNS(=O)(=O)c1c(Br)nnn1C. The van der Waals surface area contributed by atoms with E-state index in [4.69, 9.17) is 0 Å². The van der Waals surface area contributed by atoms with Gasteiger partial charge in [-0.3, -0.25) is 0 Å². The van der Waals surface area contributed by atoms with E-state index in [0.717, 1.165) is 4.68 Å². The standard InChI is InChI=1S/C7H13BrN4O4S2/c1-3-17(13,14)5-4-9-18(15,16)7-6(8)10-11-12(7)2/h9H,3-5H2,1-2H3. The zero-order valence-electron chi connectivity index (χ0n) is 9.79. The van der Waals surface area contributed by atoms with E-state index in [1.807, 2.05) is 0 Å². The van der Waals surface area contributed by atoms with Crippen LogP contribution in [0.1, 0.15) is 6.92 Å². The molecule has 104 valence electrons. The van der Waals surface area contributed by atoms with Gasteiger partial charge in [0.15, 0.2) is 14.4 Å². The molecule has 0 radical (unpaired) electrons. The Labute approximate surface area is 114 Å². The summed E-state index contributed by atoms with van der Waals surface area (Å²) in [5.74, 6) is -0.267. The average molecular weight is 361 g/mol. The highest BCUT2D eigenvalue weighted by Gasteiger charge is 2.23. The summed E-state index contributed by atoms with van der Waals surface area (Å²) in [4.78, 5) is 0. The Morgan fingerprint density at radius 2 is 1.94 bits per heavy atom. The average Bonchev–Trinajstić information content (AvgIpc) is 2.58. The number of nitrogens with one attached hydrogen (secondary N) is 1. The Morgan fingerprint density at radius 1 is 1.33 bits per heavy atom. The second-order valence-corrected chi connectivity index (χ2v) is 8.35. The molecule has 0 saturated carbocycles. The van der Waals surface area contributed by atoms with Gasteiger partial charge in [0, 0.05) is 19.3 Å². The van der Waals surface area contributed by atoms with Crippen molar-refractivity contribution >= 4 is 35.8 Å². The van der Waals surface area contributed by atoms with Crippen LogP contribution in [0.3, 0.4) is 0 Å². The summed E-state index contributed by atoms with van der Waals surface area (Å²) in [6.45, 7) is 1.32. The number of halogens is 1. The van der Waals surface area contributed by atoms with E-state index in [1.165, 1.54) is 14.0 Å². The van der Waals surface area contributed by atoms with Gasteiger partial charge in [0.2, 0.25) is 5.03 Å². The van der Waals surface area contributed by atoms with Crippen molar-refractivity contribution in [1.29, 1.82) is 0 Å². The Balaban J connectivity index is 2.79. The van der Waals surface area contributed by atoms with E-state index < -0.39 is 19.9 Å². The van der Waals surface area contributed by atoms with Crippen molar-refractivity contribution in [3.63, 3.8) is 0 Å². The summed E-state index contributed by atoms with van der Waals surface area (Å²) in [7, 11) is -5.61. The van der Waals surface area contributed by atoms with Gasteiger partial charge in [-0.05, 0) is 15.9 Å². The fourth-order valence-corrected chi connectivity index (χ4v) is 4.10. The Hall–Kier alpha value is -0.520. The first-order valence-corrected chi connectivity index (χ1v) is 9.04. The molecule has 0 aliphatic carbocycles. The molecular weight excluding hydrogens is 348 g/mol. The minimum absolute atomic E-state index is 0.0221. The van der Waals surface area contributed by atoms with Crippen LogP contribution in [0.5, 0.6) is 0 Å². The molecule has 0 fully saturated rings. The Morgan fingerprint density at radius 3 is 2.39 bits per heavy atom. The van der Waals surface area contributed by atoms with Crippen LogP contribution in [0.15, 0.2) is 9.63 Å². The molecule has 0 spiro atoms. The van der Waals surface area contributed by atoms with Crippen LogP contribution < -0.4 is 4.72 Å². The fraction of sp³-hybridized carbons (Fsp3) is 0.714. The number of hydrogen-bond acceptors (Lipinski definition) is 6. The molecule has 1 rings (SSSR count). The molecule has 1 N–H and O–H groups in total. The van der Waals surface area contributed by atoms with Crippen molar-refractivity contribution < 1.29 is 16.8 Å². The van der Waals surface area contributed by atoms with E-state index in [1.54, 1.807) is 0 Å². The van der Waals surface area contributed by atoms with Crippen LogP contribution in [0.25, 0.3) is 0 Å². The molecule has 0 aromatic carbocycles. The van der Waals surface area contributed by atoms with Gasteiger partial charge in [-0.1, -0.05) is 12.1 Å². The van der Waals surface area contributed by atoms with Gasteiger partial charge in [-0.15, -0.1) is 5.10 Å². The van der Waals surface area contributed by atoms with Gasteiger partial charge in [0.1, 0.15) is 0 Å². The van der Waals surface area contributed by atoms with Gasteiger partial charge < -0.3 is 0 Å². The number of rotatable bonds is 6. The summed E-state index contributed by atoms with van der Waals surface area (Å²) < 4.78 is 49.6. The predicted molar refractivity (Wildman–Crippen MR) is 68.2 cm³/mol. The fourth-order valence-electron chi connectivity index (χ4n) is 1.15. The number of sulfonamides is 1. The summed E-state index contributed by atoms with van der Waals surface area (Å²) in [5.41, 5.74) is 0. The smallest absolute Gasteiger partial charge is 0.235 e. The highest BCUT2D eigenvalue weighted by molar-refractivity contribution is 9.10. The maximum atomic E-state index is 11.9. The van der Waals surface area contributed by atoms with Crippen molar-refractivity contribution in [1.82, 2.24) is 19.7 Å². The lowest BCUT2D eigenvalue weighted by atomic mass is 10.8. The molecule has 1 aromatic rings. The van der Waals surface area contributed by atoms with Gasteiger partial charge in [-0.25, -0.2) is 26.2 Å². The zero-order chi connectivity index (χ0) is 14.0. The minimum atomic E-state index is -3.83. The lowest BCUT2D eigenvalue weighted by Gasteiger charge is -2.06. The lowest BCUT2D eigenvalue weighted by Crippen LogP contribution is -2.31. The predicted octanol–water partition coefficient (Wildman–Crippen LogP) is -0.709. The van der Waals surface area contributed by atoms with Crippen LogP contribution in [0.2, 0.25) is 0 Å². The molecule has 0 atom stereocenters. The first kappa shape index (κ1) is 15.5. The number of aryl methyl sites for hydroxylation is 1. The van der Waals surface area contributed by atoms with Gasteiger partial charge >= 0.3 is 0 Å². The van der Waals surface area contributed by atoms with Crippen molar-refractivity contribution in [3.8, 4) is 0 Å². The van der Waals surface area contributed by atoms with Crippen LogP contribution in [0.4, 0.5) is 0 Å². The van der Waals surface area contributed by atoms with E-state index in [-0.39, 0.29) is 27.7 Å². The molecule has 18 heavy (non-hydrogen) atoms. The third-order valence-electron chi connectivity index (χ3n) is 2.14. The molecule has 0 bridgehead atoms. The third-order valence-corrected chi connectivity index (χ3v) is 6.19. The number of aromatic nitrogens is 3. The van der Waals surface area contributed by atoms with Crippen molar-refractivity contribution in [2.24, 2.45) is 7.05 Å². The van der Waals surface area contributed by atoms with Crippen molar-refractivity contribution in [2.45, 2.75) is 11.9 Å². The molecule has 0 aliphatic heterocycles.